The van der Waals surface area contributed by atoms with E-state index in [0.29, 0.717) is 5.41 Å². The molecule has 28 heavy (non-hydrogen) atoms. The highest BCUT2D eigenvalue weighted by atomic mass is 16.5. The van der Waals surface area contributed by atoms with E-state index < -0.39 is 0 Å². The third-order valence-corrected chi connectivity index (χ3v) is 8.53. The molecule has 1 aromatic rings. The summed E-state index contributed by atoms with van der Waals surface area (Å²) < 4.78 is 5.48. The molecule has 3 nitrogen and oxygen atoms in total. The molecule has 0 aliphatic heterocycles. The van der Waals surface area contributed by atoms with E-state index in [4.69, 9.17) is 4.74 Å². The number of hydrogen-bond acceptors (Lipinski definition) is 3. The predicted molar refractivity (Wildman–Crippen MR) is 117 cm³/mol. The lowest BCUT2D eigenvalue weighted by molar-refractivity contribution is 0.00697. The molecule has 0 heterocycles. The van der Waals surface area contributed by atoms with E-state index in [0.717, 1.165) is 29.5 Å². The molecule has 0 N–H and O–H groups in total. The molecular formula is C25H40N2O. The van der Waals surface area contributed by atoms with E-state index in [1.807, 2.05) is 0 Å². The second kappa shape index (κ2) is 7.99. The lowest BCUT2D eigenvalue weighted by Crippen LogP contribution is -2.49. The van der Waals surface area contributed by atoms with Crippen molar-refractivity contribution in [2.75, 3.05) is 41.3 Å². The molecule has 4 rings (SSSR count). The minimum absolute atomic E-state index is 0.512. The first kappa shape index (κ1) is 20.2. The first-order chi connectivity index (χ1) is 13.4. The van der Waals surface area contributed by atoms with E-state index in [1.165, 1.54) is 58.0 Å². The third-order valence-electron chi connectivity index (χ3n) is 8.53. The van der Waals surface area contributed by atoms with Gasteiger partial charge in [0.25, 0.3) is 0 Å². The quantitative estimate of drug-likeness (QED) is 0.700. The van der Waals surface area contributed by atoms with Gasteiger partial charge in [0.2, 0.25) is 0 Å². The molecule has 0 saturated heterocycles. The van der Waals surface area contributed by atoms with Crippen LogP contribution in [0.25, 0.3) is 0 Å². The summed E-state index contributed by atoms with van der Waals surface area (Å²) in [5, 5.41) is 0. The second-order valence-electron chi connectivity index (χ2n) is 10.3. The summed E-state index contributed by atoms with van der Waals surface area (Å²) in [6.07, 6.45) is 9.50. The normalized spacial score (nSPS) is 34.2. The van der Waals surface area contributed by atoms with Gasteiger partial charge in [0.15, 0.2) is 0 Å². The number of methoxy groups -OCH3 is 1. The van der Waals surface area contributed by atoms with Gasteiger partial charge in [0.1, 0.15) is 5.75 Å². The topological polar surface area (TPSA) is 15.7 Å². The highest BCUT2D eigenvalue weighted by molar-refractivity contribution is 5.40. The Labute approximate surface area is 172 Å². The monoisotopic (exact) mass is 384 g/mol. The molecule has 3 heteroatoms. The molecule has 0 spiro atoms. The van der Waals surface area contributed by atoms with Gasteiger partial charge in [-0.25, -0.2) is 0 Å². The zero-order chi connectivity index (χ0) is 19.9. The maximum atomic E-state index is 5.48. The summed E-state index contributed by atoms with van der Waals surface area (Å²) in [4.78, 5) is 5.03. The first-order valence-electron chi connectivity index (χ1n) is 11.5. The Hall–Kier alpha value is -1.06. The van der Waals surface area contributed by atoms with Crippen molar-refractivity contribution in [1.82, 2.24) is 9.80 Å². The molecule has 0 unspecified atom stereocenters. The van der Waals surface area contributed by atoms with Crippen molar-refractivity contribution in [3.05, 3.63) is 29.3 Å². The van der Waals surface area contributed by atoms with Crippen LogP contribution in [0.4, 0.5) is 0 Å². The molecule has 0 bridgehead atoms. The number of nitrogens with zero attached hydrogens (tertiary/aromatic N) is 2. The number of benzene rings is 1. The Kier molecular flexibility index (Phi) is 5.77. The molecule has 3 aliphatic rings. The van der Waals surface area contributed by atoms with Crippen LogP contribution in [0.5, 0.6) is 5.75 Å². The Morgan fingerprint density at radius 1 is 1.07 bits per heavy atom. The van der Waals surface area contributed by atoms with Gasteiger partial charge < -0.3 is 14.5 Å². The van der Waals surface area contributed by atoms with Gasteiger partial charge in [-0.2, -0.15) is 0 Å². The van der Waals surface area contributed by atoms with Gasteiger partial charge in [-0.05, 0) is 126 Å². The number of ether oxygens (including phenoxy) is 1. The summed E-state index contributed by atoms with van der Waals surface area (Å²) in [5.74, 6) is 3.60. The lowest BCUT2D eigenvalue weighted by atomic mass is 9.55. The number of aryl methyl sites for hydroxylation is 1. The van der Waals surface area contributed by atoms with Crippen molar-refractivity contribution in [3.63, 3.8) is 0 Å². The summed E-state index contributed by atoms with van der Waals surface area (Å²) in [5.41, 5.74) is 3.71. The van der Waals surface area contributed by atoms with Gasteiger partial charge in [-0.1, -0.05) is 13.0 Å². The predicted octanol–water partition coefficient (Wildman–Crippen LogP) is 4.80. The smallest absolute Gasteiger partial charge is 0.119 e. The Morgan fingerprint density at radius 3 is 2.64 bits per heavy atom. The minimum atomic E-state index is 0.512. The molecule has 5 atom stereocenters. The van der Waals surface area contributed by atoms with E-state index in [9.17, 15) is 0 Å². The van der Waals surface area contributed by atoms with E-state index in [-0.39, 0.29) is 0 Å². The van der Waals surface area contributed by atoms with Crippen LogP contribution in [0.1, 0.15) is 62.5 Å². The van der Waals surface area contributed by atoms with Crippen LogP contribution < -0.4 is 4.74 Å². The zero-order valence-corrected chi connectivity index (χ0v) is 18.7. The molecule has 156 valence electrons. The lowest BCUT2D eigenvalue weighted by Gasteiger charge is -2.52. The van der Waals surface area contributed by atoms with Gasteiger partial charge in [0, 0.05) is 6.04 Å². The molecular weight excluding hydrogens is 344 g/mol. The number of fused-ring (bicyclic) bond motifs is 5. The zero-order valence-electron chi connectivity index (χ0n) is 18.7. The molecule has 0 aromatic heterocycles. The van der Waals surface area contributed by atoms with Gasteiger partial charge in [-0.15, -0.1) is 0 Å². The van der Waals surface area contributed by atoms with Crippen molar-refractivity contribution in [2.45, 2.75) is 63.8 Å². The average Bonchev–Trinajstić information content (AvgIpc) is 3.04. The van der Waals surface area contributed by atoms with Gasteiger partial charge in [0.05, 0.1) is 7.11 Å². The summed E-state index contributed by atoms with van der Waals surface area (Å²) in [7, 11) is 8.55. The molecule has 0 amide bonds. The third kappa shape index (κ3) is 3.50. The fourth-order valence-electron chi connectivity index (χ4n) is 7.17. The van der Waals surface area contributed by atoms with Crippen LogP contribution in [0, 0.1) is 17.3 Å². The summed E-state index contributed by atoms with van der Waals surface area (Å²) in [6, 6.07) is 7.64. The Bertz CT molecular complexity index is 687. The van der Waals surface area contributed by atoms with Crippen LogP contribution in [0.15, 0.2) is 18.2 Å². The largest absolute Gasteiger partial charge is 0.497 e. The fraction of sp³-hybridized carbons (Fsp3) is 0.760. The van der Waals surface area contributed by atoms with E-state index in [2.05, 4.69) is 56.1 Å². The van der Waals surface area contributed by atoms with Gasteiger partial charge >= 0.3 is 0 Å². The van der Waals surface area contributed by atoms with Gasteiger partial charge in [-0.3, -0.25) is 0 Å². The number of hydrogen-bond donors (Lipinski definition) is 0. The maximum absolute atomic E-state index is 5.48. The molecule has 1 aromatic carbocycles. The van der Waals surface area contributed by atoms with Crippen LogP contribution in [-0.2, 0) is 6.42 Å². The second-order valence-corrected chi connectivity index (χ2v) is 10.3. The van der Waals surface area contributed by atoms with Crippen molar-refractivity contribution < 1.29 is 4.74 Å². The molecule has 0 radical (unpaired) electrons. The average molecular weight is 385 g/mol. The highest BCUT2D eigenvalue weighted by Gasteiger charge is 2.55. The van der Waals surface area contributed by atoms with Crippen LogP contribution in [0.2, 0.25) is 0 Å². The standard InChI is InChI=1S/C25H40N2O/c1-25-14-13-21-20-10-8-19(28-5)17-18(20)7-9-22(21)23(25)11-12-24(25)27(4)16-6-15-26(2)3/h8,10,17,21-24H,6-7,9,11-16H2,1-5H3/t21-,22-,23+,24+,25+/m1/s1. The molecule has 2 saturated carbocycles. The van der Waals surface area contributed by atoms with Crippen LogP contribution in [0.3, 0.4) is 0 Å². The van der Waals surface area contributed by atoms with Crippen LogP contribution in [-0.4, -0.2) is 57.2 Å². The van der Waals surface area contributed by atoms with Crippen molar-refractivity contribution >= 4 is 0 Å². The number of rotatable bonds is 6. The molecule has 2 fully saturated rings. The van der Waals surface area contributed by atoms with E-state index in [1.54, 1.807) is 18.2 Å². The SMILES string of the molecule is COc1ccc2c(c1)CC[C@@H]1[C@@H]2CC[C@]2(C)[C@@H](N(C)CCCN(C)C)CC[C@@H]12. The Morgan fingerprint density at radius 2 is 1.89 bits per heavy atom. The minimum Gasteiger partial charge on any atom is -0.497 e. The summed E-state index contributed by atoms with van der Waals surface area (Å²) >= 11 is 0. The van der Waals surface area contributed by atoms with Crippen LogP contribution >= 0.6 is 0 Å². The van der Waals surface area contributed by atoms with Crippen molar-refractivity contribution in [1.29, 1.82) is 0 Å². The fourth-order valence-corrected chi connectivity index (χ4v) is 7.17. The van der Waals surface area contributed by atoms with Crippen molar-refractivity contribution in [2.24, 2.45) is 17.3 Å². The first-order valence-corrected chi connectivity index (χ1v) is 11.5. The highest BCUT2D eigenvalue weighted by Crippen LogP contribution is 2.61. The Balaban J connectivity index is 1.49. The van der Waals surface area contributed by atoms with Crippen molar-refractivity contribution in [3.8, 4) is 5.75 Å². The maximum Gasteiger partial charge on any atom is 0.119 e. The molecule has 3 aliphatic carbocycles. The summed E-state index contributed by atoms with van der Waals surface area (Å²) in [6.45, 7) is 5.07. The van der Waals surface area contributed by atoms with E-state index >= 15 is 0 Å².